The van der Waals surface area contributed by atoms with Gasteiger partial charge in [-0.2, -0.15) is 0 Å². The zero-order valence-electron chi connectivity index (χ0n) is 10.4. The van der Waals surface area contributed by atoms with Gasteiger partial charge in [-0.15, -0.1) is 0 Å². The second kappa shape index (κ2) is 6.47. The molecule has 1 rings (SSSR count). The van der Waals surface area contributed by atoms with Crippen molar-refractivity contribution in [2.24, 2.45) is 0 Å². The third-order valence-corrected chi connectivity index (χ3v) is 2.49. The van der Waals surface area contributed by atoms with E-state index in [1.807, 2.05) is 20.9 Å². The highest BCUT2D eigenvalue weighted by atomic mass is 14.8. The quantitative estimate of drug-likeness (QED) is 0.750. The zero-order valence-corrected chi connectivity index (χ0v) is 10.4. The minimum atomic E-state index is 1.10. The summed E-state index contributed by atoms with van der Waals surface area (Å²) in [5.74, 6) is 0. The molecule has 0 spiro atoms. The first-order valence-corrected chi connectivity index (χ1v) is 5.47. The molecule has 0 fully saturated rings. The summed E-state index contributed by atoms with van der Waals surface area (Å²) in [6.45, 7) is 10.5. The highest BCUT2D eigenvalue weighted by Crippen LogP contribution is 2.22. The van der Waals surface area contributed by atoms with Crippen LogP contribution in [0.2, 0.25) is 0 Å². The number of hydrogen-bond acceptors (Lipinski definition) is 1. The van der Waals surface area contributed by atoms with Crippen LogP contribution in [-0.2, 0) is 6.42 Å². The van der Waals surface area contributed by atoms with E-state index in [-0.39, 0.29) is 0 Å². The Balaban J connectivity index is 0.000000791. The Labute approximate surface area is 88.5 Å². The Morgan fingerprint density at radius 3 is 2.14 bits per heavy atom. The Morgan fingerprint density at radius 2 is 1.71 bits per heavy atom. The van der Waals surface area contributed by atoms with E-state index in [9.17, 15) is 0 Å². The average molecular weight is 193 g/mol. The molecule has 0 aliphatic carbocycles. The molecule has 0 amide bonds. The van der Waals surface area contributed by atoms with Crippen molar-refractivity contribution >= 4 is 5.69 Å². The van der Waals surface area contributed by atoms with Gasteiger partial charge in [0.05, 0.1) is 0 Å². The molecular formula is C13H23N. The molecule has 80 valence electrons. The molecule has 0 aromatic heterocycles. The van der Waals surface area contributed by atoms with Crippen molar-refractivity contribution in [2.45, 2.75) is 41.0 Å². The minimum absolute atomic E-state index is 1.10. The van der Waals surface area contributed by atoms with E-state index in [1.165, 1.54) is 22.4 Å². The summed E-state index contributed by atoms with van der Waals surface area (Å²) in [7, 11) is 1.98. The maximum Gasteiger partial charge on any atom is 0.0372 e. The second-order valence-electron chi connectivity index (χ2n) is 3.14. The molecule has 0 aliphatic rings. The van der Waals surface area contributed by atoms with Crippen molar-refractivity contribution in [3.63, 3.8) is 0 Å². The van der Waals surface area contributed by atoms with Crippen LogP contribution in [0.5, 0.6) is 0 Å². The molecule has 0 atom stereocenters. The predicted octanol–water partition coefficient (Wildman–Crippen LogP) is 3.93. The predicted molar refractivity (Wildman–Crippen MR) is 66.2 cm³/mol. The smallest absolute Gasteiger partial charge is 0.0372 e. The lowest BCUT2D eigenvalue weighted by Crippen LogP contribution is -1.98. The van der Waals surface area contributed by atoms with Crippen LogP contribution in [0.25, 0.3) is 0 Å². The maximum absolute atomic E-state index is 3.21. The normalized spacial score (nSPS) is 9.00. The number of benzene rings is 1. The number of rotatable bonds is 2. The lowest BCUT2D eigenvalue weighted by atomic mass is 9.99. The molecule has 0 heterocycles. The van der Waals surface area contributed by atoms with E-state index in [2.05, 4.69) is 38.2 Å². The molecule has 0 saturated heterocycles. The van der Waals surface area contributed by atoms with Crippen molar-refractivity contribution in [3.8, 4) is 0 Å². The van der Waals surface area contributed by atoms with Crippen LogP contribution in [0, 0.1) is 13.8 Å². The molecule has 14 heavy (non-hydrogen) atoms. The van der Waals surface area contributed by atoms with Gasteiger partial charge in [-0.1, -0.05) is 26.8 Å². The SMILES string of the molecule is CC.CCc1c(NC)ccc(C)c1C. The fraction of sp³-hybridized carbons (Fsp3) is 0.538. The van der Waals surface area contributed by atoms with Gasteiger partial charge in [-0.25, -0.2) is 0 Å². The van der Waals surface area contributed by atoms with Crippen LogP contribution < -0.4 is 5.32 Å². The van der Waals surface area contributed by atoms with Crippen LogP contribution in [0.4, 0.5) is 5.69 Å². The maximum atomic E-state index is 3.21. The lowest BCUT2D eigenvalue weighted by Gasteiger charge is -2.12. The van der Waals surface area contributed by atoms with Crippen molar-refractivity contribution in [1.29, 1.82) is 0 Å². The standard InChI is InChI=1S/C11H17N.C2H6/c1-5-10-9(3)8(2)6-7-11(10)12-4;1-2/h6-7,12H,5H2,1-4H3;1-2H3. The summed E-state index contributed by atoms with van der Waals surface area (Å²) in [6.07, 6.45) is 1.10. The van der Waals surface area contributed by atoms with Crippen molar-refractivity contribution in [2.75, 3.05) is 12.4 Å². The van der Waals surface area contributed by atoms with Gasteiger partial charge < -0.3 is 5.32 Å². The van der Waals surface area contributed by atoms with E-state index < -0.39 is 0 Å². The fourth-order valence-electron chi connectivity index (χ4n) is 1.56. The number of hydrogen-bond donors (Lipinski definition) is 1. The Kier molecular flexibility index (Phi) is 6.02. The summed E-state index contributed by atoms with van der Waals surface area (Å²) in [4.78, 5) is 0. The van der Waals surface area contributed by atoms with Crippen LogP contribution in [0.1, 0.15) is 37.5 Å². The molecule has 1 aromatic carbocycles. The van der Waals surface area contributed by atoms with Gasteiger partial charge in [0.25, 0.3) is 0 Å². The van der Waals surface area contributed by atoms with Gasteiger partial charge in [0.1, 0.15) is 0 Å². The summed E-state index contributed by atoms with van der Waals surface area (Å²) < 4.78 is 0. The molecule has 0 bridgehead atoms. The molecule has 1 aromatic rings. The topological polar surface area (TPSA) is 12.0 Å². The molecule has 0 saturated carbocycles. The van der Waals surface area contributed by atoms with Gasteiger partial charge in [-0.05, 0) is 43.0 Å². The van der Waals surface area contributed by atoms with Gasteiger partial charge in [0.15, 0.2) is 0 Å². The highest BCUT2D eigenvalue weighted by molar-refractivity contribution is 5.56. The van der Waals surface area contributed by atoms with Gasteiger partial charge in [-0.3, -0.25) is 0 Å². The second-order valence-corrected chi connectivity index (χ2v) is 3.14. The highest BCUT2D eigenvalue weighted by Gasteiger charge is 2.03. The number of nitrogens with one attached hydrogen (secondary N) is 1. The Hall–Kier alpha value is -0.980. The molecule has 0 aliphatic heterocycles. The Morgan fingerprint density at radius 1 is 1.14 bits per heavy atom. The molecule has 0 unspecified atom stereocenters. The van der Waals surface area contributed by atoms with Gasteiger partial charge in [0.2, 0.25) is 0 Å². The van der Waals surface area contributed by atoms with Crippen molar-refractivity contribution < 1.29 is 0 Å². The first kappa shape index (κ1) is 13.0. The first-order valence-electron chi connectivity index (χ1n) is 5.47. The fourth-order valence-corrected chi connectivity index (χ4v) is 1.56. The third kappa shape index (κ3) is 2.76. The van der Waals surface area contributed by atoms with Crippen LogP contribution in [0.15, 0.2) is 12.1 Å². The number of aryl methyl sites for hydroxylation is 1. The molecular weight excluding hydrogens is 170 g/mol. The largest absolute Gasteiger partial charge is 0.388 e. The Bertz CT molecular complexity index is 277. The van der Waals surface area contributed by atoms with Crippen molar-refractivity contribution in [1.82, 2.24) is 0 Å². The number of anilines is 1. The van der Waals surface area contributed by atoms with Gasteiger partial charge in [0, 0.05) is 12.7 Å². The average Bonchev–Trinajstić information content (AvgIpc) is 2.24. The van der Waals surface area contributed by atoms with E-state index in [1.54, 1.807) is 0 Å². The summed E-state index contributed by atoms with van der Waals surface area (Å²) >= 11 is 0. The summed E-state index contributed by atoms with van der Waals surface area (Å²) in [5.41, 5.74) is 5.51. The molecule has 1 heteroatoms. The summed E-state index contributed by atoms with van der Waals surface area (Å²) in [6, 6.07) is 4.32. The van der Waals surface area contributed by atoms with E-state index in [0.29, 0.717) is 0 Å². The van der Waals surface area contributed by atoms with Gasteiger partial charge >= 0.3 is 0 Å². The monoisotopic (exact) mass is 193 g/mol. The van der Waals surface area contributed by atoms with E-state index in [0.717, 1.165) is 6.42 Å². The van der Waals surface area contributed by atoms with E-state index >= 15 is 0 Å². The minimum Gasteiger partial charge on any atom is -0.388 e. The first-order chi connectivity index (χ1) is 6.70. The lowest BCUT2D eigenvalue weighted by molar-refractivity contribution is 1.09. The third-order valence-electron chi connectivity index (χ3n) is 2.49. The molecule has 0 radical (unpaired) electrons. The van der Waals surface area contributed by atoms with Crippen LogP contribution in [0.3, 0.4) is 0 Å². The van der Waals surface area contributed by atoms with Crippen LogP contribution >= 0.6 is 0 Å². The summed E-state index contributed by atoms with van der Waals surface area (Å²) in [5, 5.41) is 3.21. The van der Waals surface area contributed by atoms with Crippen molar-refractivity contribution in [3.05, 3.63) is 28.8 Å². The molecule has 1 nitrogen and oxygen atoms in total. The zero-order chi connectivity index (χ0) is 11.1. The molecule has 1 N–H and O–H groups in total. The van der Waals surface area contributed by atoms with Crippen LogP contribution in [-0.4, -0.2) is 7.05 Å². The van der Waals surface area contributed by atoms with E-state index in [4.69, 9.17) is 0 Å².